The third kappa shape index (κ3) is 3.85. The van der Waals surface area contributed by atoms with E-state index < -0.39 is 58.2 Å². The molecular weight excluding hydrogens is 464 g/mol. The maximum absolute atomic E-state index is 14.0. The number of carbonyl (C=O) groups is 4. The summed E-state index contributed by atoms with van der Waals surface area (Å²) in [5, 5.41) is 11.8. The molecule has 5 atom stereocenters. The molecule has 194 valence electrons. The van der Waals surface area contributed by atoms with Crippen LogP contribution in [0.2, 0.25) is 0 Å². The molecule has 0 bridgehead atoms. The highest BCUT2D eigenvalue weighted by molar-refractivity contribution is 6.32. The summed E-state index contributed by atoms with van der Waals surface area (Å²) in [6.07, 6.45) is 2.02. The molecule has 0 spiro atoms. The summed E-state index contributed by atoms with van der Waals surface area (Å²) in [5.41, 5.74) is 3.61. The second kappa shape index (κ2) is 9.78. The van der Waals surface area contributed by atoms with Crippen molar-refractivity contribution in [3.05, 3.63) is 40.7 Å². The largest absolute Gasteiger partial charge is 0.495 e. The van der Waals surface area contributed by atoms with Gasteiger partial charge in [-0.2, -0.15) is 0 Å². The van der Waals surface area contributed by atoms with Gasteiger partial charge < -0.3 is 20.3 Å². The summed E-state index contributed by atoms with van der Waals surface area (Å²) in [6.45, 7) is 4.48. The first-order valence-electron chi connectivity index (χ1n) is 12.5. The van der Waals surface area contributed by atoms with Gasteiger partial charge >= 0.3 is 0 Å². The van der Waals surface area contributed by atoms with Crippen molar-refractivity contribution >= 4 is 23.3 Å². The number of primary amides is 1. The van der Waals surface area contributed by atoms with Crippen LogP contribution in [-0.4, -0.2) is 72.2 Å². The highest BCUT2D eigenvalue weighted by atomic mass is 16.5. The Morgan fingerprint density at radius 1 is 1.14 bits per heavy atom. The summed E-state index contributed by atoms with van der Waals surface area (Å²) in [4.78, 5) is 55.5. The summed E-state index contributed by atoms with van der Waals surface area (Å²) in [7, 11) is 3.45. The van der Waals surface area contributed by atoms with Gasteiger partial charge in [0.05, 0.1) is 30.7 Å². The predicted molar refractivity (Wildman–Crippen MR) is 130 cm³/mol. The number of nitrogens with zero attached hydrogens (tertiary/aromatic N) is 1. The molecule has 1 amide bonds. The van der Waals surface area contributed by atoms with E-state index in [1.165, 1.54) is 0 Å². The normalized spacial score (nSPS) is 29.6. The van der Waals surface area contributed by atoms with Gasteiger partial charge in [-0.1, -0.05) is 26.0 Å². The second-order valence-electron chi connectivity index (χ2n) is 10.1. The Morgan fingerprint density at radius 3 is 2.42 bits per heavy atom. The van der Waals surface area contributed by atoms with Crippen LogP contribution in [0.1, 0.15) is 49.0 Å². The van der Waals surface area contributed by atoms with E-state index in [1.54, 1.807) is 25.1 Å². The molecular formula is C27H34N2O7. The van der Waals surface area contributed by atoms with Crippen LogP contribution in [0.15, 0.2) is 29.5 Å². The van der Waals surface area contributed by atoms with Gasteiger partial charge in [-0.25, -0.2) is 0 Å². The Hall–Kier alpha value is -3.04. The highest BCUT2D eigenvalue weighted by Gasteiger charge is 2.67. The van der Waals surface area contributed by atoms with Crippen molar-refractivity contribution in [2.24, 2.45) is 23.5 Å². The number of carbonyl (C=O) groups excluding carboxylic acids is 4. The summed E-state index contributed by atoms with van der Waals surface area (Å²) in [6, 6.07) is 4.62. The Balaban J connectivity index is 1.84. The van der Waals surface area contributed by atoms with Crippen LogP contribution >= 0.6 is 0 Å². The van der Waals surface area contributed by atoms with Crippen molar-refractivity contribution < 1.29 is 33.8 Å². The molecule has 9 heteroatoms. The molecule has 3 aliphatic rings. The molecule has 36 heavy (non-hydrogen) atoms. The van der Waals surface area contributed by atoms with Gasteiger partial charge in [-0.15, -0.1) is 0 Å². The lowest BCUT2D eigenvalue weighted by atomic mass is 9.54. The number of ether oxygens (including phenoxy) is 2. The van der Waals surface area contributed by atoms with Gasteiger partial charge in [0.25, 0.3) is 5.91 Å². The quantitative estimate of drug-likeness (QED) is 0.406. The molecule has 1 fully saturated rings. The van der Waals surface area contributed by atoms with E-state index in [1.807, 2.05) is 26.0 Å². The molecule has 0 saturated heterocycles. The average Bonchev–Trinajstić information content (AvgIpc) is 2.82. The van der Waals surface area contributed by atoms with Crippen LogP contribution in [0, 0.1) is 17.8 Å². The van der Waals surface area contributed by atoms with Crippen LogP contribution in [0.25, 0.3) is 0 Å². The fourth-order valence-electron chi connectivity index (χ4n) is 6.07. The van der Waals surface area contributed by atoms with E-state index in [0.717, 1.165) is 12.0 Å². The number of hydrogen-bond donors (Lipinski definition) is 2. The van der Waals surface area contributed by atoms with Crippen molar-refractivity contribution in [3.8, 4) is 5.75 Å². The van der Waals surface area contributed by atoms with Crippen molar-refractivity contribution in [1.82, 2.24) is 4.90 Å². The Labute approximate surface area is 210 Å². The van der Waals surface area contributed by atoms with Gasteiger partial charge in [-0.05, 0) is 57.3 Å². The minimum atomic E-state index is -2.56. The molecule has 3 N–H and O–H groups in total. The average molecular weight is 499 g/mol. The molecule has 3 aliphatic carbocycles. The minimum absolute atomic E-state index is 0.0815. The molecule has 0 aromatic heterocycles. The third-order valence-electron chi connectivity index (χ3n) is 7.54. The third-order valence-corrected chi connectivity index (χ3v) is 7.54. The van der Waals surface area contributed by atoms with Crippen molar-refractivity contribution in [2.45, 2.75) is 51.2 Å². The number of Topliss-reactive ketones (excluding diaryl/α,β-unsaturated/α-hetero) is 3. The number of benzene rings is 1. The molecule has 1 aromatic rings. The van der Waals surface area contributed by atoms with E-state index in [9.17, 15) is 24.3 Å². The van der Waals surface area contributed by atoms with Crippen LogP contribution in [0.3, 0.4) is 0 Å². The SMILES string of the molecule is CCCOC1=C(C(N)=O)C(=O)[C@@]2(O)C(=O)C3C(=O)c4c(cccc4OCCC)C[C@H]3C[C@H]2[C@@H]1N(C)C. The fraction of sp³-hybridized carbons (Fsp3) is 0.556. The van der Waals surface area contributed by atoms with Crippen LogP contribution in [0.5, 0.6) is 5.75 Å². The van der Waals surface area contributed by atoms with E-state index in [2.05, 4.69) is 0 Å². The number of ketones is 3. The first-order chi connectivity index (χ1) is 17.1. The molecule has 9 nitrogen and oxygen atoms in total. The summed E-state index contributed by atoms with van der Waals surface area (Å²) < 4.78 is 11.6. The van der Waals surface area contributed by atoms with Gasteiger partial charge in [0, 0.05) is 5.92 Å². The number of hydrogen-bond acceptors (Lipinski definition) is 8. The van der Waals surface area contributed by atoms with Crippen LogP contribution in [0.4, 0.5) is 0 Å². The zero-order valence-electron chi connectivity index (χ0n) is 21.2. The lowest BCUT2D eigenvalue weighted by Crippen LogP contribution is -2.69. The lowest BCUT2D eigenvalue weighted by Gasteiger charge is -2.52. The Morgan fingerprint density at radius 2 is 1.81 bits per heavy atom. The Kier molecular flexibility index (Phi) is 7.07. The second-order valence-corrected chi connectivity index (χ2v) is 10.1. The van der Waals surface area contributed by atoms with Crippen molar-refractivity contribution in [3.63, 3.8) is 0 Å². The molecule has 4 rings (SSSR count). The standard InChI is InChI=1S/C27H34N2O7/c1-5-10-35-17-9-7-8-14-12-15-13-16-21(29(3)4)23(36-11-6-2)20(26(28)33)25(32)27(16,34)24(31)19(15)22(30)18(14)17/h7-9,15-16,19,21,34H,5-6,10-13H2,1-4H3,(H2,28,33)/t15-,16-,19?,21-,27-/m0/s1. The van der Waals surface area contributed by atoms with Gasteiger partial charge in [0.1, 0.15) is 17.1 Å². The number of fused-ring (bicyclic) bond motifs is 3. The minimum Gasteiger partial charge on any atom is -0.495 e. The molecule has 1 aromatic carbocycles. The van der Waals surface area contributed by atoms with Crippen molar-refractivity contribution in [2.75, 3.05) is 27.3 Å². The molecule has 1 unspecified atom stereocenters. The zero-order chi connectivity index (χ0) is 26.4. The smallest absolute Gasteiger partial charge is 0.255 e. The first-order valence-corrected chi connectivity index (χ1v) is 12.5. The summed E-state index contributed by atoms with van der Waals surface area (Å²) in [5.74, 6) is -5.56. The van der Waals surface area contributed by atoms with Gasteiger partial charge in [-0.3, -0.25) is 24.1 Å². The van der Waals surface area contributed by atoms with E-state index in [4.69, 9.17) is 15.2 Å². The number of aliphatic hydroxyl groups is 1. The lowest BCUT2D eigenvalue weighted by molar-refractivity contribution is -0.170. The first kappa shape index (κ1) is 26.0. The maximum atomic E-state index is 14.0. The molecule has 0 radical (unpaired) electrons. The van der Waals surface area contributed by atoms with Crippen molar-refractivity contribution in [1.29, 1.82) is 0 Å². The number of nitrogens with two attached hydrogens (primary N) is 1. The summed E-state index contributed by atoms with van der Waals surface area (Å²) >= 11 is 0. The zero-order valence-corrected chi connectivity index (χ0v) is 21.2. The molecule has 0 aliphatic heterocycles. The van der Waals surface area contributed by atoms with E-state index in [-0.39, 0.29) is 18.8 Å². The number of rotatable bonds is 8. The Bertz CT molecular complexity index is 1140. The topological polar surface area (TPSA) is 136 Å². The predicted octanol–water partition coefficient (Wildman–Crippen LogP) is 1.45. The van der Waals surface area contributed by atoms with E-state index in [0.29, 0.717) is 30.8 Å². The van der Waals surface area contributed by atoms with E-state index >= 15 is 0 Å². The number of likely N-dealkylation sites (N-methyl/N-ethyl adjacent to an activating group) is 1. The molecule has 0 heterocycles. The van der Waals surface area contributed by atoms with Crippen LogP contribution in [-0.2, 0) is 25.5 Å². The van der Waals surface area contributed by atoms with Gasteiger partial charge in [0.2, 0.25) is 5.78 Å². The van der Waals surface area contributed by atoms with Crippen LogP contribution < -0.4 is 10.5 Å². The highest BCUT2D eigenvalue weighted by Crippen LogP contribution is 2.51. The fourth-order valence-corrected chi connectivity index (χ4v) is 6.07. The van der Waals surface area contributed by atoms with Gasteiger partial charge in [0.15, 0.2) is 17.2 Å². The molecule has 1 saturated carbocycles. The number of amides is 1. The monoisotopic (exact) mass is 498 g/mol. The maximum Gasteiger partial charge on any atom is 0.255 e.